The fourth-order valence-electron chi connectivity index (χ4n) is 2.56. The summed E-state index contributed by atoms with van der Waals surface area (Å²) < 4.78 is 11.7. The highest BCUT2D eigenvalue weighted by Crippen LogP contribution is 2.21. The number of benzene rings is 2. The number of hydrogen-bond acceptors (Lipinski definition) is 4. The minimum absolute atomic E-state index is 0.0306. The van der Waals surface area contributed by atoms with Gasteiger partial charge in [0.15, 0.2) is 11.8 Å². The van der Waals surface area contributed by atoms with Gasteiger partial charge in [0.2, 0.25) is 0 Å². The summed E-state index contributed by atoms with van der Waals surface area (Å²) in [5.74, 6) is 0.516. The third-order valence-corrected chi connectivity index (χ3v) is 6.44. The van der Waals surface area contributed by atoms with Gasteiger partial charge in [-0.15, -0.1) is 0 Å². The summed E-state index contributed by atoms with van der Waals surface area (Å²) in [6.07, 6.45) is 0.839. The van der Waals surface area contributed by atoms with Gasteiger partial charge < -0.3 is 9.47 Å². The second kappa shape index (κ2) is 9.05. The predicted octanol–water partition coefficient (Wildman–Crippen LogP) is 3.31. The van der Waals surface area contributed by atoms with E-state index in [9.17, 15) is 9.59 Å². The van der Waals surface area contributed by atoms with Crippen molar-refractivity contribution in [2.24, 2.45) is 0 Å². The molecule has 134 valence electrons. The number of ether oxygens (including phenoxy) is 2. The number of Topliss-reactive ketones (excluding diaryl/α,β-unsaturated/α-hetero) is 1. The lowest BCUT2D eigenvalue weighted by atomic mass is 10.0. The number of quaternary nitrogens is 1. The molecule has 5 nitrogen and oxygen atoms in total. The highest BCUT2D eigenvalue weighted by molar-refractivity contribution is 7.89. The van der Waals surface area contributed by atoms with E-state index < -0.39 is 0 Å². The molecule has 0 bridgehead atoms. The van der Waals surface area contributed by atoms with Crippen molar-refractivity contribution in [1.29, 1.82) is 0 Å². The average Bonchev–Trinajstić information content (AvgIpc) is 3.52. The van der Waals surface area contributed by atoms with Gasteiger partial charge >= 0.3 is 5.97 Å². The van der Waals surface area contributed by atoms with E-state index in [1.807, 2.05) is 30.3 Å². The molecular weight excluding hydrogens is 368 g/mol. The molecule has 1 aliphatic rings. The van der Waals surface area contributed by atoms with E-state index in [0.717, 1.165) is 15.8 Å². The largest absolute Gasteiger partial charge is 0.489 e. The van der Waals surface area contributed by atoms with Crippen LogP contribution in [0.15, 0.2) is 54.6 Å². The zero-order valence-corrected chi connectivity index (χ0v) is 16.2. The Morgan fingerprint density at radius 2 is 1.73 bits per heavy atom. The molecule has 1 N–H and O–H groups in total. The molecule has 0 saturated heterocycles. The van der Waals surface area contributed by atoms with Crippen LogP contribution in [0.5, 0.6) is 5.75 Å². The fourth-order valence-corrected chi connectivity index (χ4v) is 4.38. The predicted molar refractivity (Wildman–Crippen MR) is 101 cm³/mol. The average molecular weight is 388 g/mol. The lowest BCUT2D eigenvalue weighted by molar-refractivity contribution is -0.608. The molecule has 1 heterocycles. The molecular formula is C19H20NO4P2+. The highest BCUT2D eigenvalue weighted by Gasteiger charge is 2.37. The molecule has 7 heteroatoms. The van der Waals surface area contributed by atoms with E-state index in [4.69, 9.17) is 9.47 Å². The highest BCUT2D eigenvalue weighted by atomic mass is 31.8. The van der Waals surface area contributed by atoms with Crippen LogP contribution in [0.2, 0.25) is 0 Å². The Bertz CT molecular complexity index is 787. The van der Waals surface area contributed by atoms with Gasteiger partial charge in [0.05, 0.1) is 7.11 Å². The number of carbonyl (C=O) groups is 2. The van der Waals surface area contributed by atoms with E-state index in [1.165, 1.54) is 23.1 Å². The van der Waals surface area contributed by atoms with Crippen molar-refractivity contribution in [2.75, 3.05) is 7.11 Å². The molecule has 0 fully saturated rings. The Kier molecular flexibility index (Phi) is 6.51. The van der Waals surface area contributed by atoms with Crippen molar-refractivity contribution in [2.45, 2.75) is 25.5 Å². The summed E-state index contributed by atoms with van der Waals surface area (Å²) in [7, 11) is 3.74. The Labute approximate surface area is 155 Å². The second-order valence-electron chi connectivity index (χ2n) is 5.89. The van der Waals surface area contributed by atoms with E-state index in [2.05, 4.69) is 0 Å². The summed E-state index contributed by atoms with van der Waals surface area (Å²) in [4.78, 5) is 24.2. The summed E-state index contributed by atoms with van der Waals surface area (Å²) in [6.45, 7) is 0.492. The van der Waals surface area contributed by atoms with Crippen LogP contribution in [0.4, 0.5) is 0 Å². The molecule has 0 saturated carbocycles. The molecule has 0 aliphatic carbocycles. The summed E-state index contributed by atoms with van der Waals surface area (Å²) >= 11 is 0. The lowest BCUT2D eigenvalue weighted by Crippen LogP contribution is -2.93. The molecule has 2 aromatic rings. The Morgan fingerprint density at radius 1 is 1.04 bits per heavy atom. The minimum atomic E-state index is -0.249. The van der Waals surface area contributed by atoms with Crippen LogP contribution < -0.4 is 9.18 Å². The topological polar surface area (TPSA) is 57.0 Å². The summed E-state index contributed by atoms with van der Waals surface area (Å²) in [5.41, 5.74) is 1.73. The molecule has 0 aromatic heterocycles. The van der Waals surface area contributed by atoms with E-state index in [0.29, 0.717) is 25.0 Å². The van der Waals surface area contributed by atoms with Gasteiger partial charge in [-0.1, -0.05) is 30.3 Å². The molecule has 0 amide bonds. The maximum Gasteiger partial charge on any atom is 0.365 e. The number of hydrogen-bond donors (Lipinski definition) is 1. The third-order valence-electron chi connectivity index (χ3n) is 4.10. The second-order valence-corrected chi connectivity index (χ2v) is 8.81. The SMILES string of the molecule is COC(=O)[C@H](CCC(=O)c1ccc(OCc2ccccc2)cc1)[NH+]1P=P1. The first-order valence-electron chi connectivity index (χ1n) is 8.34. The van der Waals surface area contributed by atoms with Crippen LogP contribution in [-0.2, 0) is 16.1 Å². The van der Waals surface area contributed by atoms with Crippen LogP contribution in [0, 0.1) is 0 Å². The number of rotatable bonds is 9. The van der Waals surface area contributed by atoms with Crippen LogP contribution in [-0.4, -0.2) is 24.9 Å². The quantitative estimate of drug-likeness (QED) is 0.407. The van der Waals surface area contributed by atoms with Gasteiger partial charge in [-0.25, -0.2) is 9.24 Å². The van der Waals surface area contributed by atoms with Crippen LogP contribution in [0.25, 0.3) is 0 Å². The zero-order valence-electron chi connectivity index (χ0n) is 14.4. The standard InChI is InChI=1S/C19H19NO4P2/c1-23-19(22)17(20-25-26-20)11-12-18(21)15-7-9-16(10-8-15)24-13-14-5-3-2-4-6-14/h2-10,17H,11-13H2,1H3/p+1/t17-/m0/s1. The summed E-state index contributed by atoms with van der Waals surface area (Å²) in [5, 5.41) is 0. The van der Waals surface area contributed by atoms with Crippen LogP contribution >= 0.6 is 16.0 Å². The van der Waals surface area contributed by atoms with Crippen LogP contribution in [0.3, 0.4) is 0 Å². The first-order chi connectivity index (χ1) is 12.7. The number of nitrogens with one attached hydrogen (secondary N) is 1. The van der Waals surface area contributed by atoms with Crippen molar-refractivity contribution in [3.8, 4) is 5.75 Å². The maximum atomic E-state index is 12.4. The third kappa shape index (κ3) is 5.22. The summed E-state index contributed by atoms with van der Waals surface area (Å²) in [6, 6.07) is 16.8. The van der Waals surface area contributed by atoms with Crippen molar-refractivity contribution >= 4 is 27.8 Å². The van der Waals surface area contributed by atoms with Gasteiger partial charge in [-0.05, 0) is 29.8 Å². The normalized spacial score (nSPS) is 17.2. The Morgan fingerprint density at radius 3 is 2.35 bits per heavy atom. The van der Waals surface area contributed by atoms with E-state index in [-0.39, 0.29) is 17.8 Å². The Balaban J connectivity index is 1.51. The van der Waals surface area contributed by atoms with E-state index >= 15 is 0 Å². The van der Waals surface area contributed by atoms with Gasteiger partial charge in [0.1, 0.15) is 12.4 Å². The molecule has 1 atom stereocenters. The van der Waals surface area contributed by atoms with Crippen molar-refractivity contribution in [1.82, 2.24) is 0 Å². The minimum Gasteiger partial charge on any atom is -0.489 e. The van der Waals surface area contributed by atoms with Gasteiger partial charge in [0.25, 0.3) is 16.0 Å². The zero-order chi connectivity index (χ0) is 18.4. The molecule has 0 spiro atoms. The van der Waals surface area contributed by atoms with Crippen LogP contribution in [0.1, 0.15) is 28.8 Å². The first-order valence-corrected chi connectivity index (χ1v) is 10.8. The smallest absolute Gasteiger partial charge is 0.365 e. The van der Waals surface area contributed by atoms with E-state index in [1.54, 1.807) is 24.3 Å². The first kappa shape index (κ1) is 18.7. The maximum absolute atomic E-state index is 12.4. The number of carbonyl (C=O) groups excluding carboxylic acids is 2. The molecule has 1 aliphatic heterocycles. The molecule has 0 radical (unpaired) electrons. The number of esters is 1. The molecule has 2 aromatic carbocycles. The Hall–Kier alpha value is -2.06. The van der Waals surface area contributed by atoms with Gasteiger partial charge in [-0.3, -0.25) is 4.79 Å². The number of ketones is 1. The lowest BCUT2D eigenvalue weighted by Gasteiger charge is -2.11. The van der Waals surface area contributed by atoms with Crippen molar-refractivity contribution in [3.63, 3.8) is 0 Å². The van der Waals surface area contributed by atoms with Gasteiger partial charge in [0, 0.05) is 18.4 Å². The van der Waals surface area contributed by atoms with Crippen molar-refractivity contribution < 1.29 is 23.5 Å². The molecule has 26 heavy (non-hydrogen) atoms. The van der Waals surface area contributed by atoms with Gasteiger partial charge in [-0.2, -0.15) is 0 Å². The number of methoxy groups -OCH3 is 1. The molecule has 3 rings (SSSR count). The molecule has 0 unspecified atom stereocenters. The fraction of sp³-hybridized carbons (Fsp3) is 0.263. The van der Waals surface area contributed by atoms with Crippen molar-refractivity contribution in [3.05, 3.63) is 65.7 Å². The monoisotopic (exact) mass is 388 g/mol.